The fourth-order valence-electron chi connectivity index (χ4n) is 1.85. The van der Waals surface area contributed by atoms with Crippen LogP contribution in [0.1, 0.15) is 22.8 Å². The minimum atomic E-state index is -0.458. The van der Waals surface area contributed by atoms with Gasteiger partial charge in [-0.25, -0.2) is 0 Å². The number of carbonyl (C=O) groups is 1. The van der Waals surface area contributed by atoms with Crippen LogP contribution in [0, 0.1) is 0 Å². The predicted octanol–water partition coefficient (Wildman–Crippen LogP) is 1.78. The van der Waals surface area contributed by atoms with Crippen molar-refractivity contribution < 1.29 is 4.79 Å². The lowest BCUT2D eigenvalue weighted by atomic mass is 10.1. The molecule has 1 atom stereocenters. The van der Waals surface area contributed by atoms with Crippen molar-refractivity contribution in [1.82, 2.24) is 15.3 Å². The summed E-state index contributed by atoms with van der Waals surface area (Å²) in [5.74, 6) is -0.440. The first-order valence-corrected chi connectivity index (χ1v) is 6.52. The highest BCUT2D eigenvalue weighted by atomic mass is 35.5. The molecule has 0 aliphatic carbocycles. The molecular formula is C14H14ClN3O2. The second-order valence-corrected chi connectivity index (χ2v) is 4.94. The monoisotopic (exact) mass is 291 g/mol. The molecule has 2 rings (SSSR count). The van der Waals surface area contributed by atoms with Gasteiger partial charge in [0.25, 0.3) is 11.5 Å². The Morgan fingerprint density at radius 3 is 3.05 bits per heavy atom. The van der Waals surface area contributed by atoms with Crippen LogP contribution in [0.5, 0.6) is 0 Å². The van der Waals surface area contributed by atoms with Crippen molar-refractivity contribution in [2.24, 2.45) is 0 Å². The Morgan fingerprint density at radius 1 is 1.55 bits per heavy atom. The number of hydrogen-bond acceptors (Lipinski definition) is 3. The Labute approximate surface area is 121 Å². The van der Waals surface area contributed by atoms with Gasteiger partial charge in [-0.3, -0.25) is 14.6 Å². The van der Waals surface area contributed by atoms with Crippen LogP contribution in [-0.2, 0) is 6.42 Å². The van der Waals surface area contributed by atoms with Crippen molar-refractivity contribution in [3.05, 3.63) is 63.3 Å². The maximum absolute atomic E-state index is 12.0. The Morgan fingerprint density at radius 2 is 2.35 bits per heavy atom. The number of nitrogens with zero attached hydrogens (tertiary/aromatic N) is 1. The standard InChI is InChI=1S/C14H14ClN3O2/c1-9(5-10-3-2-4-16-7-10)18-14(20)12-6-11(15)8-17-13(12)19/h2-4,6-9H,5H2,1H3,(H,17,19)(H,18,20). The third-order valence-electron chi connectivity index (χ3n) is 2.75. The number of rotatable bonds is 4. The number of hydrogen-bond donors (Lipinski definition) is 2. The summed E-state index contributed by atoms with van der Waals surface area (Å²) in [6, 6.07) is 5.00. The fourth-order valence-corrected chi connectivity index (χ4v) is 2.01. The average Bonchev–Trinajstić information content (AvgIpc) is 2.42. The number of carbonyl (C=O) groups excluding carboxylic acids is 1. The number of nitrogens with one attached hydrogen (secondary N) is 2. The van der Waals surface area contributed by atoms with E-state index in [-0.39, 0.29) is 11.6 Å². The quantitative estimate of drug-likeness (QED) is 0.902. The number of amides is 1. The zero-order chi connectivity index (χ0) is 14.5. The molecule has 2 aromatic heterocycles. The summed E-state index contributed by atoms with van der Waals surface area (Å²) in [5, 5.41) is 3.08. The van der Waals surface area contributed by atoms with Crippen LogP contribution < -0.4 is 10.9 Å². The van der Waals surface area contributed by atoms with Gasteiger partial charge in [0.2, 0.25) is 0 Å². The van der Waals surface area contributed by atoms with Gasteiger partial charge in [-0.1, -0.05) is 17.7 Å². The SMILES string of the molecule is CC(Cc1cccnc1)NC(=O)c1cc(Cl)c[nH]c1=O. The molecule has 6 heteroatoms. The number of halogens is 1. The third kappa shape index (κ3) is 3.68. The Balaban J connectivity index is 2.04. The van der Waals surface area contributed by atoms with Gasteiger partial charge in [-0.15, -0.1) is 0 Å². The summed E-state index contributed by atoms with van der Waals surface area (Å²) in [6.07, 6.45) is 5.42. The molecule has 0 aliphatic heterocycles. The van der Waals surface area contributed by atoms with Gasteiger partial charge in [-0.2, -0.15) is 0 Å². The summed E-state index contributed by atoms with van der Waals surface area (Å²) >= 11 is 5.77. The number of aromatic amines is 1. The van der Waals surface area contributed by atoms with E-state index in [0.29, 0.717) is 11.4 Å². The number of aromatic nitrogens is 2. The van der Waals surface area contributed by atoms with Crippen molar-refractivity contribution in [3.63, 3.8) is 0 Å². The van der Waals surface area contributed by atoms with Crippen molar-refractivity contribution >= 4 is 17.5 Å². The topological polar surface area (TPSA) is 74.8 Å². The molecule has 1 unspecified atom stereocenters. The van der Waals surface area contributed by atoms with Crippen LogP contribution in [0.25, 0.3) is 0 Å². The predicted molar refractivity (Wildman–Crippen MR) is 76.9 cm³/mol. The molecule has 104 valence electrons. The fraction of sp³-hybridized carbons (Fsp3) is 0.214. The van der Waals surface area contributed by atoms with Gasteiger partial charge in [0.1, 0.15) is 5.56 Å². The van der Waals surface area contributed by atoms with E-state index in [9.17, 15) is 9.59 Å². The summed E-state index contributed by atoms with van der Waals surface area (Å²) in [7, 11) is 0. The molecule has 1 amide bonds. The van der Waals surface area contributed by atoms with Gasteiger partial charge in [-0.05, 0) is 31.0 Å². The minimum absolute atomic E-state index is 0.00976. The van der Waals surface area contributed by atoms with E-state index in [0.717, 1.165) is 5.56 Å². The first-order valence-electron chi connectivity index (χ1n) is 6.14. The lowest BCUT2D eigenvalue weighted by Gasteiger charge is -2.13. The molecule has 0 radical (unpaired) electrons. The first-order chi connectivity index (χ1) is 9.56. The third-order valence-corrected chi connectivity index (χ3v) is 2.97. The second-order valence-electron chi connectivity index (χ2n) is 4.50. The van der Waals surface area contributed by atoms with E-state index >= 15 is 0 Å². The highest BCUT2D eigenvalue weighted by Crippen LogP contribution is 2.06. The van der Waals surface area contributed by atoms with Crippen molar-refractivity contribution in [2.45, 2.75) is 19.4 Å². The van der Waals surface area contributed by atoms with Crippen molar-refractivity contribution in [1.29, 1.82) is 0 Å². The molecule has 2 aromatic rings. The summed E-state index contributed by atoms with van der Waals surface area (Å²) in [4.78, 5) is 30.0. The zero-order valence-electron chi connectivity index (χ0n) is 10.9. The molecule has 0 saturated carbocycles. The lowest BCUT2D eigenvalue weighted by molar-refractivity contribution is 0.0938. The first kappa shape index (κ1) is 14.3. The molecule has 0 bridgehead atoms. The Hall–Kier alpha value is -2.14. The summed E-state index contributed by atoms with van der Waals surface area (Å²) in [5.41, 5.74) is 0.566. The smallest absolute Gasteiger partial charge is 0.260 e. The highest BCUT2D eigenvalue weighted by Gasteiger charge is 2.14. The van der Waals surface area contributed by atoms with Gasteiger partial charge >= 0.3 is 0 Å². The largest absolute Gasteiger partial charge is 0.349 e. The zero-order valence-corrected chi connectivity index (χ0v) is 11.6. The molecule has 0 saturated heterocycles. The summed E-state index contributed by atoms with van der Waals surface area (Å²) < 4.78 is 0. The molecule has 2 N–H and O–H groups in total. The van der Waals surface area contributed by atoms with Gasteiger partial charge in [0.15, 0.2) is 0 Å². The highest BCUT2D eigenvalue weighted by molar-refractivity contribution is 6.30. The van der Waals surface area contributed by atoms with E-state index in [1.807, 2.05) is 19.1 Å². The van der Waals surface area contributed by atoms with Crippen molar-refractivity contribution in [3.8, 4) is 0 Å². The van der Waals surface area contributed by atoms with E-state index in [4.69, 9.17) is 11.6 Å². The van der Waals surface area contributed by atoms with E-state index in [2.05, 4.69) is 15.3 Å². The number of pyridine rings is 2. The van der Waals surface area contributed by atoms with E-state index < -0.39 is 11.5 Å². The average molecular weight is 292 g/mol. The molecule has 0 spiro atoms. The van der Waals surface area contributed by atoms with Gasteiger partial charge in [0, 0.05) is 24.6 Å². The molecule has 0 aromatic carbocycles. The van der Waals surface area contributed by atoms with Gasteiger partial charge < -0.3 is 10.3 Å². The second kappa shape index (κ2) is 6.34. The van der Waals surface area contributed by atoms with Crippen molar-refractivity contribution in [2.75, 3.05) is 0 Å². The maximum atomic E-state index is 12.0. The van der Waals surface area contributed by atoms with Gasteiger partial charge in [0.05, 0.1) is 5.02 Å². The molecule has 0 aliphatic rings. The van der Waals surface area contributed by atoms with E-state index in [1.165, 1.54) is 12.3 Å². The molecule has 0 fully saturated rings. The molecule has 20 heavy (non-hydrogen) atoms. The Bertz CT molecular complexity index is 655. The molecule has 2 heterocycles. The van der Waals surface area contributed by atoms with Crippen LogP contribution in [-0.4, -0.2) is 21.9 Å². The number of H-pyrrole nitrogens is 1. The normalized spacial score (nSPS) is 11.9. The van der Waals surface area contributed by atoms with Crippen LogP contribution in [0.3, 0.4) is 0 Å². The maximum Gasteiger partial charge on any atom is 0.260 e. The van der Waals surface area contributed by atoms with Crippen LogP contribution >= 0.6 is 11.6 Å². The summed E-state index contributed by atoms with van der Waals surface area (Å²) in [6.45, 7) is 1.86. The molecule has 5 nitrogen and oxygen atoms in total. The van der Waals surface area contributed by atoms with Crippen LogP contribution in [0.2, 0.25) is 5.02 Å². The minimum Gasteiger partial charge on any atom is -0.349 e. The van der Waals surface area contributed by atoms with Crippen LogP contribution in [0.4, 0.5) is 0 Å². The molecular weight excluding hydrogens is 278 g/mol. The van der Waals surface area contributed by atoms with E-state index in [1.54, 1.807) is 12.4 Å². The lowest BCUT2D eigenvalue weighted by Crippen LogP contribution is -2.37. The Kier molecular flexibility index (Phi) is 4.53. The van der Waals surface area contributed by atoms with Crippen LogP contribution in [0.15, 0.2) is 41.6 Å².